The van der Waals surface area contributed by atoms with Crippen molar-refractivity contribution in [3.63, 3.8) is 0 Å². The van der Waals surface area contributed by atoms with Gasteiger partial charge in [0, 0.05) is 24.4 Å². The van der Waals surface area contributed by atoms with E-state index in [4.69, 9.17) is 16.1 Å². The molecule has 0 saturated carbocycles. The van der Waals surface area contributed by atoms with Crippen molar-refractivity contribution in [3.8, 4) is 0 Å². The van der Waals surface area contributed by atoms with Crippen LogP contribution in [0.15, 0.2) is 22.7 Å². The fraction of sp³-hybridized carbons (Fsp3) is 0.357. The largest absolute Gasteiger partial charge is 0.339 e. The van der Waals surface area contributed by atoms with Gasteiger partial charge in [-0.3, -0.25) is 4.79 Å². The van der Waals surface area contributed by atoms with Gasteiger partial charge in [-0.2, -0.15) is 4.98 Å². The third-order valence-electron chi connectivity index (χ3n) is 3.47. The molecule has 2 aromatic rings. The van der Waals surface area contributed by atoms with Gasteiger partial charge in [0.15, 0.2) is 5.82 Å². The molecule has 1 aliphatic rings. The number of amides is 1. The van der Waals surface area contributed by atoms with Gasteiger partial charge in [0.2, 0.25) is 11.8 Å². The number of nitrogens with zero attached hydrogens (tertiary/aromatic N) is 3. The van der Waals surface area contributed by atoms with Gasteiger partial charge >= 0.3 is 0 Å². The van der Waals surface area contributed by atoms with Crippen LogP contribution in [0.25, 0.3) is 0 Å². The molecule has 0 aliphatic carbocycles. The van der Waals surface area contributed by atoms with E-state index in [-0.39, 0.29) is 23.9 Å². The lowest BCUT2D eigenvalue weighted by Crippen LogP contribution is -2.25. The molecule has 1 aliphatic heterocycles. The molecule has 0 spiro atoms. The van der Waals surface area contributed by atoms with Crippen molar-refractivity contribution in [2.45, 2.75) is 25.7 Å². The van der Waals surface area contributed by atoms with Gasteiger partial charge in [0.05, 0.1) is 11.6 Å². The standard InChI is InChI=1S/C14H13ClFN3O2/c1-2-12-17-14(21-18-12)8-5-13(20)19(7-8)11-4-3-9(15)6-10(11)16/h3-4,6,8H,2,5,7H2,1H3. The van der Waals surface area contributed by atoms with Crippen molar-refractivity contribution in [3.05, 3.63) is 40.8 Å². The van der Waals surface area contributed by atoms with E-state index < -0.39 is 5.82 Å². The topological polar surface area (TPSA) is 59.2 Å². The van der Waals surface area contributed by atoms with E-state index in [0.717, 1.165) is 0 Å². The van der Waals surface area contributed by atoms with E-state index in [9.17, 15) is 9.18 Å². The quantitative estimate of drug-likeness (QED) is 0.874. The normalized spacial score (nSPS) is 18.5. The van der Waals surface area contributed by atoms with Crippen LogP contribution in [-0.4, -0.2) is 22.6 Å². The lowest BCUT2D eigenvalue weighted by Gasteiger charge is -2.16. The first-order valence-corrected chi connectivity index (χ1v) is 7.04. The molecule has 1 saturated heterocycles. The van der Waals surface area contributed by atoms with Gasteiger partial charge in [-0.05, 0) is 18.2 Å². The fourth-order valence-electron chi connectivity index (χ4n) is 2.38. The number of aryl methyl sites for hydroxylation is 1. The summed E-state index contributed by atoms with van der Waals surface area (Å²) >= 11 is 5.73. The molecule has 3 rings (SSSR count). The number of rotatable bonds is 3. The van der Waals surface area contributed by atoms with Crippen LogP contribution >= 0.6 is 11.6 Å². The molecule has 1 atom stereocenters. The van der Waals surface area contributed by atoms with Gasteiger partial charge in [-0.1, -0.05) is 23.7 Å². The molecule has 1 fully saturated rings. The summed E-state index contributed by atoms with van der Waals surface area (Å²) < 4.78 is 19.1. The predicted molar refractivity (Wildman–Crippen MR) is 74.8 cm³/mol. The highest BCUT2D eigenvalue weighted by molar-refractivity contribution is 6.30. The van der Waals surface area contributed by atoms with Crippen LogP contribution in [0.5, 0.6) is 0 Å². The zero-order valence-corrected chi connectivity index (χ0v) is 12.1. The average molecular weight is 310 g/mol. The van der Waals surface area contributed by atoms with E-state index in [1.54, 1.807) is 6.07 Å². The van der Waals surface area contributed by atoms with Crippen LogP contribution < -0.4 is 4.90 Å². The van der Waals surface area contributed by atoms with Crippen LogP contribution in [-0.2, 0) is 11.2 Å². The van der Waals surface area contributed by atoms with Gasteiger partial charge in [-0.25, -0.2) is 4.39 Å². The number of benzene rings is 1. The maximum Gasteiger partial charge on any atom is 0.232 e. The minimum atomic E-state index is -0.517. The number of aromatic nitrogens is 2. The van der Waals surface area contributed by atoms with Crippen LogP contribution in [0.3, 0.4) is 0 Å². The van der Waals surface area contributed by atoms with Crippen molar-refractivity contribution >= 4 is 23.2 Å². The maximum absolute atomic E-state index is 13.9. The molecule has 5 nitrogen and oxygen atoms in total. The minimum Gasteiger partial charge on any atom is -0.339 e. The molecule has 2 heterocycles. The Morgan fingerprint density at radius 1 is 1.52 bits per heavy atom. The second-order valence-corrected chi connectivity index (χ2v) is 5.34. The summed E-state index contributed by atoms with van der Waals surface area (Å²) in [5, 5.41) is 4.12. The van der Waals surface area contributed by atoms with Gasteiger partial charge in [0.25, 0.3) is 0 Å². The minimum absolute atomic E-state index is 0.169. The maximum atomic E-state index is 13.9. The fourth-order valence-corrected chi connectivity index (χ4v) is 2.54. The summed E-state index contributed by atoms with van der Waals surface area (Å²) in [6.45, 7) is 2.24. The number of anilines is 1. The lowest BCUT2D eigenvalue weighted by molar-refractivity contribution is -0.117. The van der Waals surface area contributed by atoms with Crippen LogP contribution in [0, 0.1) is 5.82 Å². The molecule has 0 radical (unpaired) electrons. The number of hydrogen-bond acceptors (Lipinski definition) is 4. The molecule has 0 N–H and O–H groups in total. The van der Waals surface area contributed by atoms with Crippen LogP contribution in [0.1, 0.15) is 31.0 Å². The van der Waals surface area contributed by atoms with Crippen molar-refractivity contribution in [2.24, 2.45) is 0 Å². The summed E-state index contributed by atoms with van der Waals surface area (Å²) in [5.74, 6) is 0.139. The third-order valence-corrected chi connectivity index (χ3v) is 3.71. The van der Waals surface area contributed by atoms with Crippen LogP contribution in [0.4, 0.5) is 10.1 Å². The number of halogens is 2. The monoisotopic (exact) mass is 309 g/mol. The molecule has 1 unspecified atom stereocenters. The number of carbonyl (C=O) groups excluding carboxylic acids is 1. The van der Waals surface area contributed by atoms with Crippen molar-refractivity contribution in [2.75, 3.05) is 11.4 Å². The zero-order chi connectivity index (χ0) is 15.0. The first-order chi connectivity index (χ1) is 10.1. The third kappa shape index (κ3) is 2.63. The van der Waals surface area contributed by atoms with E-state index >= 15 is 0 Å². The number of hydrogen-bond donors (Lipinski definition) is 0. The van der Waals surface area contributed by atoms with E-state index in [2.05, 4.69) is 10.1 Å². The molecular formula is C14H13ClFN3O2. The summed E-state index contributed by atoms with van der Waals surface area (Å²) in [7, 11) is 0. The Balaban J connectivity index is 1.84. The van der Waals surface area contributed by atoms with Crippen molar-refractivity contribution in [1.29, 1.82) is 0 Å². The second kappa shape index (κ2) is 5.44. The predicted octanol–water partition coefficient (Wildman–Crippen LogP) is 2.95. The van der Waals surface area contributed by atoms with Crippen molar-refractivity contribution < 1.29 is 13.7 Å². The Morgan fingerprint density at radius 2 is 2.33 bits per heavy atom. The molecule has 1 aromatic heterocycles. The molecule has 1 aromatic carbocycles. The summed E-state index contributed by atoms with van der Waals surface area (Å²) in [6.07, 6.45) is 0.896. The highest BCUT2D eigenvalue weighted by atomic mass is 35.5. The Morgan fingerprint density at radius 3 is 3.00 bits per heavy atom. The first-order valence-electron chi connectivity index (χ1n) is 6.66. The summed E-state index contributed by atoms with van der Waals surface area (Å²) in [4.78, 5) is 17.7. The van der Waals surface area contributed by atoms with Crippen LogP contribution in [0.2, 0.25) is 5.02 Å². The lowest BCUT2D eigenvalue weighted by atomic mass is 10.1. The van der Waals surface area contributed by atoms with Gasteiger partial charge in [0.1, 0.15) is 5.82 Å². The Kier molecular flexibility index (Phi) is 3.63. The first kappa shape index (κ1) is 14.0. The van der Waals surface area contributed by atoms with Gasteiger partial charge < -0.3 is 9.42 Å². The molecular weight excluding hydrogens is 297 g/mol. The Hall–Kier alpha value is -1.95. The van der Waals surface area contributed by atoms with E-state index in [0.29, 0.717) is 29.7 Å². The number of carbonyl (C=O) groups is 1. The molecule has 110 valence electrons. The van der Waals surface area contributed by atoms with E-state index in [1.165, 1.54) is 17.0 Å². The second-order valence-electron chi connectivity index (χ2n) is 4.90. The van der Waals surface area contributed by atoms with E-state index in [1.807, 2.05) is 6.92 Å². The molecule has 0 bridgehead atoms. The highest BCUT2D eigenvalue weighted by Gasteiger charge is 2.36. The zero-order valence-electron chi connectivity index (χ0n) is 11.3. The smallest absolute Gasteiger partial charge is 0.232 e. The molecule has 7 heteroatoms. The molecule has 1 amide bonds. The Bertz CT molecular complexity index is 689. The van der Waals surface area contributed by atoms with Crippen molar-refractivity contribution in [1.82, 2.24) is 10.1 Å². The highest BCUT2D eigenvalue weighted by Crippen LogP contribution is 2.33. The molecule has 21 heavy (non-hydrogen) atoms. The SMILES string of the molecule is CCc1noc(C2CC(=O)N(c3ccc(Cl)cc3F)C2)n1. The summed E-state index contributed by atoms with van der Waals surface area (Å²) in [6, 6.07) is 4.26. The Labute approximate surface area is 125 Å². The average Bonchev–Trinajstić information content (AvgIpc) is 3.05. The summed E-state index contributed by atoms with van der Waals surface area (Å²) in [5.41, 5.74) is 0.224. The van der Waals surface area contributed by atoms with Gasteiger partial charge in [-0.15, -0.1) is 0 Å².